The van der Waals surface area contributed by atoms with Crippen molar-refractivity contribution >= 4 is 35.2 Å². The minimum absolute atomic E-state index is 0.581. The molecule has 0 fully saturated rings. The van der Waals surface area contributed by atoms with E-state index < -0.39 is 7.92 Å². The molecule has 0 aliphatic carbocycles. The van der Waals surface area contributed by atoms with Crippen molar-refractivity contribution in [3.63, 3.8) is 0 Å². The molecule has 0 atom stereocenters. The highest BCUT2D eigenvalue weighted by Gasteiger charge is 2.17. The van der Waals surface area contributed by atoms with Crippen molar-refractivity contribution in [3.8, 4) is 0 Å². The van der Waals surface area contributed by atoms with Crippen LogP contribution in [0.15, 0.2) is 78.9 Å². The third-order valence-corrected chi connectivity index (χ3v) is 6.63. The fraction of sp³-hybridized carbons (Fsp3) is 0.182. The molecule has 0 aliphatic heterocycles. The van der Waals surface area contributed by atoms with Gasteiger partial charge in [0.15, 0.2) is 0 Å². The zero-order valence-corrected chi connectivity index (χ0v) is 16.2. The summed E-state index contributed by atoms with van der Waals surface area (Å²) in [4.78, 5) is 4.33. The zero-order valence-electron chi connectivity index (χ0n) is 15.3. The van der Waals surface area contributed by atoms with Gasteiger partial charge in [-0.15, -0.1) is 0 Å². The standard InChI is InChI=1S/C22H25N2P/c1-23(2)18-10-8-14-21(16-18)25(20-12-6-5-7-13-20)22-15-9-11-19(17-22)24(3)4/h5-17H,1-4H3. The van der Waals surface area contributed by atoms with E-state index in [1.54, 1.807) is 0 Å². The van der Waals surface area contributed by atoms with Crippen LogP contribution in [0.5, 0.6) is 0 Å². The van der Waals surface area contributed by atoms with Crippen LogP contribution in [0.25, 0.3) is 0 Å². The molecule has 3 heteroatoms. The Kier molecular flexibility index (Phi) is 5.40. The third kappa shape index (κ3) is 4.03. The van der Waals surface area contributed by atoms with Gasteiger partial charge in [-0.1, -0.05) is 54.6 Å². The summed E-state index contributed by atoms with van der Waals surface area (Å²) in [7, 11) is 7.79. The second-order valence-corrected chi connectivity index (χ2v) is 8.72. The number of nitrogens with zero attached hydrogens (tertiary/aromatic N) is 2. The van der Waals surface area contributed by atoms with Gasteiger partial charge in [0, 0.05) is 39.6 Å². The van der Waals surface area contributed by atoms with Crippen molar-refractivity contribution in [1.82, 2.24) is 0 Å². The van der Waals surface area contributed by atoms with Crippen LogP contribution in [0, 0.1) is 0 Å². The van der Waals surface area contributed by atoms with Gasteiger partial charge in [0.05, 0.1) is 0 Å². The van der Waals surface area contributed by atoms with Crippen LogP contribution < -0.4 is 25.7 Å². The molecule has 3 aromatic rings. The van der Waals surface area contributed by atoms with Crippen LogP contribution in [0.1, 0.15) is 0 Å². The molecule has 0 aliphatic rings. The molecule has 0 amide bonds. The van der Waals surface area contributed by atoms with E-state index in [1.165, 1.54) is 27.3 Å². The lowest BCUT2D eigenvalue weighted by atomic mass is 10.3. The first kappa shape index (κ1) is 17.5. The molecule has 25 heavy (non-hydrogen) atoms. The normalized spacial score (nSPS) is 10.8. The lowest BCUT2D eigenvalue weighted by Gasteiger charge is -2.23. The van der Waals surface area contributed by atoms with Gasteiger partial charge in [-0.3, -0.25) is 0 Å². The highest BCUT2D eigenvalue weighted by molar-refractivity contribution is 7.79. The van der Waals surface area contributed by atoms with Gasteiger partial charge in [0.2, 0.25) is 0 Å². The Hall–Kier alpha value is -2.31. The number of hydrogen-bond acceptors (Lipinski definition) is 2. The molecule has 0 saturated heterocycles. The predicted molar refractivity (Wildman–Crippen MR) is 114 cm³/mol. The maximum absolute atomic E-state index is 2.32. The van der Waals surface area contributed by atoms with E-state index in [1.807, 2.05) is 0 Å². The Labute approximate surface area is 152 Å². The monoisotopic (exact) mass is 348 g/mol. The second-order valence-electron chi connectivity index (χ2n) is 6.50. The van der Waals surface area contributed by atoms with E-state index in [4.69, 9.17) is 0 Å². The van der Waals surface area contributed by atoms with Crippen molar-refractivity contribution < 1.29 is 0 Å². The van der Waals surface area contributed by atoms with Gasteiger partial charge in [-0.2, -0.15) is 0 Å². The second kappa shape index (κ2) is 7.72. The molecule has 0 spiro atoms. The van der Waals surface area contributed by atoms with Gasteiger partial charge in [-0.05, 0) is 48.1 Å². The zero-order chi connectivity index (χ0) is 17.8. The summed E-state index contributed by atoms with van der Waals surface area (Å²) in [5.41, 5.74) is 2.48. The van der Waals surface area contributed by atoms with Crippen molar-refractivity contribution in [1.29, 1.82) is 0 Å². The largest absolute Gasteiger partial charge is 0.378 e. The minimum Gasteiger partial charge on any atom is -0.378 e. The quantitative estimate of drug-likeness (QED) is 0.651. The predicted octanol–water partition coefficient (Wildman–Crippen LogP) is 3.58. The Morgan fingerprint density at radius 3 is 1.40 bits per heavy atom. The number of hydrogen-bond donors (Lipinski definition) is 0. The van der Waals surface area contributed by atoms with Crippen LogP contribution in [0.4, 0.5) is 11.4 Å². The summed E-state index contributed by atoms with van der Waals surface area (Å²) in [6.45, 7) is 0. The first-order valence-electron chi connectivity index (χ1n) is 8.46. The van der Waals surface area contributed by atoms with Crippen LogP contribution in [0.3, 0.4) is 0 Å². The smallest absolute Gasteiger partial charge is 0.0367 e. The molecular weight excluding hydrogens is 323 g/mol. The first-order valence-corrected chi connectivity index (χ1v) is 9.80. The summed E-state index contributed by atoms with van der Waals surface area (Å²) in [5.74, 6) is 0. The van der Waals surface area contributed by atoms with Gasteiger partial charge in [-0.25, -0.2) is 0 Å². The topological polar surface area (TPSA) is 6.48 Å². The average molecular weight is 348 g/mol. The lowest BCUT2D eigenvalue weighted by Crippen LogP contribution is -2.22. The molecule has 3 rings (SSSR count). The van der Waals surface area contributed by atoms with Crippen LogP contribution in [-0.2, 0) is 0 Å². The Morgan fingerprint density at radius 1 is 0.520 bits per heavy atom. The van der Waals surface area contributed by atoms with Gasteiger partial charge in [0.25, 0.3) is 0 Å². The van der Waals surface area contributed by atoms with Crippen molar-refractivity contribution in [2.24, 2.45) is 0 Å². The summed E-state index contributed by atoms with van der Waals surface area (Å²) in [6.07, 6.45) is 0. The molecule has 128 valence electrons. The number of rotatable bonds is 5. The first-order chi connectivity index (χ1) is 12.1. The molecule has 0 radical (unpaired) electrons. The van der Waals surface area contributed by atoms with Crippen LogP contribution in [-0.4, -0.2) is 28.2 Å². The lowest BCUT2D eigenvalue weighted by molar-refractivity contribution is 1.13. The fourth-order valence-electron chi connectivity index (χ4n) is 2.84. The van der Waals surface area contributed by atoms with Gasteiger partial charge < -0.3 is 9.80 Å². The maximum Gasteiger partial charge on any atom is 0.0367 e. The van der Waals surface area contributed by atoms with Crippen LogP contribution >= 0.6 is 7.92 Å². The Morgan fingerprint density at radius 2 is 0.960 bits per heavy atom. The van der Waals surface area contributed by atoms with E-state index >= 15 is 0 Å². The molecule has 3 aromatic carbocycles. The SMILES string of the molecule is CN(C)c1cccc(P(c2ccccc2)c2cccc(N(C)C)c2)c1. The summed E-state index contributed by atoms with van der Waals surface area (Å²) >= 11 is 0. The van der Waals surface area contributed by atoms with Crippen molar-refractivity contribution in [2.75, 3.05) is 38.0 Å². The molecular formula is C22H25N2P. The Balaban J connectivity index is 2.14. The molecule has 2 nitrogen and oxygen atoms in total. The van der Waals surface area contributed by atoms with E-state index in [9.17, 15) is 0 Å². The van der Waals surface area contributed by atoms with Crippen molar-refractivity contribution in [2.45, 2.75) is 0 Å². The number of anilines is 2. The number of benzene rings is 3. The van der Waals surface area contributed by atoms with Gasteiger partial charge in [0.1, 0.15) is 0 Å². The molecule has 0 saturated carbocycles. The maximum atomic E-state index is 2.32. The molecule has 0 unspecified atom stereocenters. The molecule has 0 aromatic heterocycles. The average Bonchev–Trinajstić information content (AvgIpc) is 2.63. The summed E-state index contributed by atoms with van der Waals surface area (Å²) in [5, 5.41) is 4.14. The molecule has 0 bridgehead atoms. The fourth-order valence-corrected chi connectivity index (χ4v) is 5.20. The third-order valence-electron chi connectivity index (χ3n) is 4.22. The van der Waals surface area contributed by atoms with E-state index in [2.05, 4.69) is 117 Å². The van der Waals surface area contributed by atoms with E-state index in [0.29, 0.717) is 0 Å². The van der Waals surface area contributed by atoms with Crippen LogP contribution in [0.2, 0.25) is 0 Å². The molecule has 0 heterocycles. The minimum atomic E-state index is -0.581. The Bertz CT molecular complexity index is 777. The highest BCUT2D eigenvalue weighted by atomic mass is 31.1. The highest BCUT2D eigenvalue weighted by Crippen LogP contribution is 2.34. The molecule has 0 N–H and O–H groups in total. The van der Waals surface area contributed by atoms with Gasteiger partial charge >= 0.3 is 0 Å². The summed E-state index contributed by atoms with van der Waals surface area (Å²) in [6, 6.07) is 28.7. The summed E-state index contributed by atoms with van der Waals surface area (Å²) < 4.78 is 0. The van der Waals surface area contributed by atoms with E-state index in [-0.39, 0.29) is 0 Å². The van der Waals surface area contributed by atoms with Crippen molar-refractivity contribution in [3.05, 3.63) is 78.9 Å². The van der Waals surface area contributed by atoms with E-state index in [0.717, 1.165) is 0 Å².